The highest BCUT2D eigenvalue weighted by atomic mass is 35.5. The second kappa shape index (κ2) is 6.12. The zero-order valence-electron chi connectivity index (χ0n) is 11.0. The van der Waals surface area contributed by atoms with Crippen LogP contribution in [0, 0.1) is 18.3 Å². The van der Waals surface area contributed by atoms with Crippen molar-refractivity contribution in [2.75, 3.05) is 5.32 Å². The fourth-order valence-corrected chi connectivity index (χ4v) is 2.75. The van der Waals surface area contributed by atoms with Gasteiger partial charge in [0.15, 0.2) is 0 Å². The first-order valence-corrected chi connectivity index (χ1v) is 6.95. The predicted octanol–water partition coefficient (Wildman–Crippen LogP) is 2.52. The molecular formula is C14H18ClN3O. The highest BCUT2D eigenvalue weighted by Gasteiger charge is 2.21. The van der Waals surface area contributed by atoms with Gasteiger partial charge >= 0.3 is 0 Å². The van der Waals surface area contributed by atoms with Gasteiger partial charge < -0.3 is 5.32 Å². The Kier molecular flexibility index (Phi) is 4.49. The van der Waals surface area contributed by atoms with Gasteiger partial charge in [0.1, 0.15) is 12.2 Å². The van der Waals surface area contributed by atoms with E-state index in [-0.39, 0.29) is 12.1 Å². The Hall–Kier alpha value is -1.47. The molecule has 0 spiro atoms. The number of nitrogens with one attached hydrogen (secondary N) is 1. The molecule has 1 aliphatic carbocycles. The molecule has 0 saturated heterocycles. The number of hydrogen-bond donors (Lipinski definition) is 1. The first-order valence-electron chi connectivity index (χ1n) is 6.57. The minimum atomic E-state index is -0.247. The summed E-state index contributed by atoms with van der Waals surface area (Å²) in [4.78, 5) is 12.2. The molecule has 1 aromatic heterocycles. The third kappa shape index (κ3) is 3.30. The molecule has 5 heteroatoms. The molecule has 2 rings (SSSR count). The van der Waals surface area contributed by atoms with E-state index in [4.69, 9.17) is 18.0 Å². The average molecular weight is 280 g/mol. The number of terminal acetylenes is 1. The molecule has 1 heterocycles. The van der Waals surface area contributed by atoms with E-state index >= 15 is 0 Å². The molecule has 102 valence electrons. The van der Waals surface area contributed by atoms with Crippen LogP contribution >= 0.6 is 11.6 Å². The molecule has 0 radical (unpaired) electrons. The predicted molar refractivity (Wildman–Crippen MR) is 77.4 cm³/mol. The lowest BCUT2D eigenvalue weighted by Crippen LogP contribution is -2.32. The first-order chi connectivity index (χ1) is 9.11. The zero-order valence-corrected chi connectivity index (χ0v) is 11.8. The van der Waals surface area contributed by atoms with Crippen molar-refractivity contribution in [3.05, 3.63) is 21.6 Å². The van der Waals surface area contributed by atoms with Gasteiger partial charge in [0.25, 0.3) is 5.56 Å². The average Bonchev–Trinajstić information content (AvgIpc) is 2.38. The maximum atomic E-state index is 12.2. The summed E-state index contributed by atoms with van der Waals surface area (Å²) in [5.74, 6) is 3.09. The van der Waals surface area contributed by atoms with Crippen LogP contribution in [-0.4, -0.2) is 15.8 Å². The number of anilines is 1. The summed E-state index contributed by atoms with van der Waals surface area (Å²) in [7, 11) is 0. The lowest BCUT2D eigenvalue weighted by Gasteiger charge is -2.28. The van der Waals surface area contributed by atoms with Crippen LogP contribution in [0.3, 0.4) is 0 Å². The zero-order chi connectivity index (χ0) is 13.8. The van der Waals surface area contributed by atoms with Crippen molar-refractivity contribution in [3.63, 3.8) is 0 Å². The molecule has 2 unspecified atom stereocenters. The Morgan fingerprint density at radius 3 is 3.11 bits per heavy atom. The van der Waals surface area contributed by atoms with E-state index in [0.717, 1.165) is 12.8 Å². The van der Waals surface area contributed by atoms with Crippen molar-refractivity contribution in [2.45, 2.75) is 45.2 Å². The molecule has 0 amide bonds. The number of rotatable bonds is 3. The molecule has 19 heavy (non-hydrogen) atoms. The van der Waals surface area contributed by atoms with Crippen molar-refractivity contribution >= 4 is 17.3 Å². The Bertz CT molecular complexity index is 547. The molecule has 2 atom stereocenters. The minimum absolute atomic E-state index is 0.158. The SMILES string of the molecule is C#CCn1ncc(Cl)c(NC2CCCC(C)C2)c1=O. The number of aromatic nitrogens is 2. The van der Waals surface area contributed by atoms with Crippen LogP contribution < -0.4 is 10.9 Å². The van der Waals surface area contributed by atoms with E-state index in [2.05, 4.69) is 23.3 Å². The molecule has 1 saturated carbocycles. The smallest absolute Gasteiger partial charge is 0.292 e. The van der Waals surface area contributed by atoms with Crippen LogP contribution in [0.1, 0.15) is 32.6 Å². The molecule has 1 aliphatic rings. The fraction of sp³-hybridized carbons (Fsp3) is 0.571. The molecule has 1 fully saturated rings. The van der Waals surface area contributed by atoms with E-state index < -0.39 is 0 Å². The van der Waals surface area contributed by atoms with E-state index in [1.807, 2.05) is 0 Å². The van der Waals surface area contributed by atoms with Gasteiger partial charge in [-0.25, -0.2) is 4.68 Å². The minimum Gasteiger partial charge on any atom is -0.377 e. The van der Waals surface area contributed by atoms with E-state index in [1.165, 1.54) is 23.7 Å². The Morgan fingerprint density at radius 2 is 2.42 bits per heavy atom. The second-order valence-corrected chi connectivity index (χ2v) is 5.55. The molecule has 1 N–H and O–H groups in total. The summed E-state index contributed by atoms with van der Waals surface area (Å²) in [6.07, 6.45) is 11.2. The molecule has 4 nitrogen and oxygen atoms in total. The van der Waals surface area contributed by atoms with Crippen molar-refractivity contribution in [2.24, 2.45) is 5.92 Å². The molecule has 0 aromatic carbocycles. The molecular weight excluding hydrogens is 262 g/mol. The molecule has 0 bridgehead atoms. The Balaban J connectivity index is 2.22. The van der Waals surface area contributed by atoms with Gasteiger partial charge in [-0.15, -0.1) is 6.42 Å². The van der Waals surface area contributed by atoms with Crippen molar-refractivity contribution in [3.8, 4) is 12.3 Å². The van der Waals surface area contributed by atoms with E-state index in [9.17, 15) is 4.79 Å². The van der Waals surface area contributed by atoms with Gasteiger partial charge in [-0.3, -0.25) is 4.79 Å². The van der Waals surface area contributed by atoms with Crippen LogP contribution in [-0.2, 0) is 6.54 Å². The van der Waals surface area contributed by atoms with Gasteiger partial charge in [0.2, 0.25) is 0 Å². The summed E-state index contributed by atoms with van der Waals surface area (Å²) >= 11 is 6.07. The Labute approximate surface area is 118 Å². The van der Waals surface area contributed by atoms with E-state index in [1.54, 1.807) is 0 Å². The maximum absolute atomic E-state index is 12.2. The standard InChI is InChI=1S/C14H18ClN3O/c1-3-7-18-14(19)13(12(15)9-16-18)17-11-6-4-5-10(2)8-11/h1,9-11,17H,4-8H2,2H3. The van der Waals surface area contributed by atoms with Gasteiger partial charge in [0.05, 0.1) is 11.2 Å². The summed E-state index contributed by atoms with van der Waals surface area (Å²) < 4.78 is 1.25. The Morgan fingerprint density at radius 1 is 1.63 bits per heavy atom. The largest absolute Gasteiger partial charge is 0.377 e. The van der Waals surface area contributed by atoms with Crippen LogP contribution in [0.15, 0.2) is 11.0 Å². The lowest BCUT2D eigenvalue weighted by atomic mass is 9.87. The molecule has 0 aliphatic heterocycles. The van der Waals surface area contributed by atoms with Gasteiger partial charge in [-0.2, -0.15) is 5.10 Å². The summed E-state index contributed by atoms with van der Waals surface area (Å²) in [6, 6.07) is 0.302. The summed E-state index contributed by atoms with van der Waals surface area (Å²) in [5, 5.41) is 7.56. The van der Waals surface area contributed by atoms with E-state index in [0.29, 0.717) is 22.7 Å². The van der Waals surface area contributed by atoms with Gasteiger partial charge in [-0.1, -0.05) is 37.3 Å². The monoisotopic (exact) mass is 279 g/mol. The summed E-state index contributed by atoms with van der Waals surface area (Å²) in [5.41, 5.74) is 0.176. The molecule has 1 aromatic rings. The lowest BCUT2D eigenvalue weighted by molar-refractivity contribution is 0.358. The maximum Gasteiger partial charge on any atom is 0.292 e. The van der Waals surface area contributed by atoms with Crippen molar-refractivity contribution in [1.82, 2.24) is 9.78 Å². The third-order valence-electron chi connectivity index (χ3n) is 3.52. The van der Waals surface area contributed by atoms with Crippen LogP contribution in [0.25, 0.3) is 0 Å². The third-order valence-corrected chi connectivity index (χ3v) is 3.81. The van der Waals surface area contributed by atoms with Gasteiger partial charge in [-0.05, 0) is 18.8 Å². The van der Waals surface area contributed by atoms with Crippen LogP contribution in [0.2, 0.25) is 5.02 Å². The second-order valence-electron chi connectivity index (χ2n) is 5.15. The van der Waals surface area contributed by atoms with Crippen LogP contribution in [0.4, 0.5) is 5.69 Å². The number of hydrogen-bond acceptors (Lipinski definition) is 3. The highest BCUT2D eigenvalue weighted by Crippen LogP contribution is 2.27. The van der Waals surface area contributed by atoms with Crippen molar-refractivity contribution in [1.29, 1.82) is 0 Å². The topological polar surface area (TPSA) is 46.9 Å². The highest BCUT2D eigenvalue weighted by molar-refractivity contribution is 6.33. The normalized spacial score (nSPS) is 22.8. The van der Waals surface area contributed by atoms with Crippen molar-refractivity contribution < 1.29 is 0 Å². The van der Waals surface area contributed by atoms with Gasteiger partial charge in [0, 0.05) is 6.04 Å². The summed E-state index contributed by atoms with van der Waals surface area (Å²) in [6.45, 7) is 2.39. The van der Waals surface area contributed by atoms with Crippen LogP contribution in [0.5, 0.6) is 0 Å². The first kappa shape index (κ1) is 14.0. The quantitative estimate of drug-likeness (QED) is 0.865. The fourth-order valence-electron chi connectivity index (χ4n) is 2.57. The number of halogens is 1. The number of nitrogens with zero attached hydrogens (tertiary/aromatic N) is 2.